The van der Waals surface area contributed by atoms with Crippen molar-refractivity contribution >= 4 is 11.6 Å². The van der Waals surface area contributed by atoms with Crippen LogP contribution in [0.2, 0.25) is 0 Å². The molecule has 0 bridgehead atoms. The summed E-state index contributed by atoms with van der Waals surface area (Å²) in [4.78, 5) is 10.9. The number of hydrogen-bond donors (Lipinski definition) is 3. The number of nitrogens with one attached hydrogen (secondary N) is 1. The molecule has 0 saturated heterocycles. The maximum absolute atomic E-state index is 13.1. The first-order valence-electron chi connectivity index (χ1n) is 5.78. The third kappa shape index (κ3) is 3.03. The molecule has 0 radical (unpaired) electrons. The van der Waals surface area contributed by atoms with E-state index in [1.165, 1.54) is 0 Å². The Morgan fingerprint density at radius 3 is 2.20 bits per heavy atom. The van der Waals surface area contributed by atoms with Crippen LogP contribution in [0.3, 0.4) is 0 Å². The molecule has 0 heterocycles. The summed E-state index contributed by atoms with van der Waals surface area (Å²) in [6, 6.07) is 8.44. The molecule has 2 aromatic carbocycles. The molecular weight excluding hydrogens is 266 g/mol. The second-order valence-corrected chi connectivity index (χ2v) is 4.20. The van der Waals surface area contributed by atoms with E-state index >= 15 is 0 Å². The number of benzene rings is 2. The number of nitrogens with two attached hydrogens (primary N) is 1. The van der Waals surface area contributed by atoms with Gasteiger partial charge in [-0.2, -0.15) is 0 Å². The van der Waals surface area contributed by atoms with Gasteiger partial charge in [0.25, 0.3) is 0 Å². The van der Waals surface area contributed by atoms with Crippen LogP contribution in [0.1, 0.15) is 15.9 Å². The van der Waals surface area contributed by atoms with Gasteiger partial charge in [0, 0.05) is 17.8 Å². The van der Waals surface area contributed by atoms with Crippen LogP contribution in [-0.4, -0.2) is 11.0 Å². The molecule has 0 unspecified atom stereocenters. The van der Waals surface area contributed by atoms with E-state index in [-0.39, 0.29) is 6.54 Å². The first-order chi connectivity index (χ1) is 9.47. The van der Waals surface area contributed by atoms with E-state index in [1.54, 1.807) is 24.3 Å². The van der Waals surface area contributed by atoms with Gasteiger partial charge in [-0.1, -0.05) is 0 Å². The third-order valence-electron chi connectivity index (χ3n) is 2.74. The summed E-state index contributed by atoms with van der Waals surface area (Å²) in [7, 11) is 0. The van der Waals surface area contributed by atoms with Crippen LogP contribution in [-0.2, 0) is 6.54 Å². The monoisotopic (exact) mass is 278 g/mol. The van der Waals surface area contributed by atoms with Gasteiger partial charge in [-0.25, -0.2) is 8.78 Å². The Bertz CT molecular complexity index is 619. The van der Waals surface area contributed by atoms with Crippen LogP contribution in [0.5, 0.6) is 5.75 Å². The zero-order chi connectivity index (χ0) is 14.7. The molecule has 4 N–H and O–H groups in total. The van der Waals surface area contributed by atoms with Gasteiger partial charge in [0.1, 0.15) is 0 Å². The van der Waals surface area contributed by atoms with Crippen LogP contribution >= 0.6 is 0 Å². The molecule has 2 rings (SSSR count). The molecule has 2 aromatic rings. The van der Waals surface area contributed by atoms with Gasteiger partial charge in [-0.15, -0.1) is 0 Å². The van der Waals surface area contributed by atoms with Crippen molar-refractivity contribution in [1.82, 2.24) is 0 Å². The van der Waals surface area contributed by atoms with E-state index in [0.717, 1.165) is 12.1 Å². The van der Waals surface area contributed by atoms with E-state index < -0.39 is 23.3 Å². The minimum absolute atomic E-state index is 0.171. The number of anilines is 1. The number of amides is 1. The van der Waals surface area contributed by atoms with Crippen molar-refractivity contribution in [2.45, 2.75) is 6.54 Å². The van der Waals surface area contributed by atoms with Crippen LogP contribution in [0.15, 0.2) is 36.4 Å². The number of hydrogen-bond acceptors (Lipinski definition) is 3. The maximum atomic E-state index is 13.1. The van der Waals surface area contributed by atoms with E-state index in [0.29, 0.717) is 16.8 Å². The lowest BCUT2D eigenvalue weighted by Crippen LogP contribution is -2.10. The van der Waals surface area contributed by atoms with Crippen molar-refractivity contribution in [2.24, 2.45) is 5.73 Å². The highest BCUT2D eigenvalue weighted by molar-refractivity contribution is 5.93. The summed E-state index contributed by atoms with van der Waals surface area (Å²) >= 11 is 0. The molecule has 20 heavy (non-hydrogen) atoms. The number of primary amides is 1. The Balaban J connectivity index is 2.07. The normalized spacial score (nSPS) is 10.3. The summed E-state index contributed by atoms with van der Waals surface area (Å²) in [5.74, 6) is -3.53. The smallest absolute Gasteiger partial charge is 0.248 e. The number of halogens is 2. The second-order valence-electron chi connectivity index (χ2n) is 4.20. The van der Waals surface area contributed by atoms with E-state index in [4.69, 9.17) is 10.8 Å². The summed E-state index contributed by atoms with van der Waals surface area (Å²) in [6.07, 6.45) is 0. The lowest BCUT2D eigenvalue weighted by Gasteiger charge is -2.08. The van der Waals surface area contributed by atoms with Crippen LogP contribution < -0.4 is 11.1 Å². The SMILES string of the molecule is NC(=O)c1ccc(NCc2cc(F)c(O)c(F)c2)cc1. The zero-order valence-electron chi connectivity index (χ0n) is 10.4. The van der Waals surface area contributed by atoms with Gasteiger partial charge in [0.05, 0.1) is 0 Å². The molecule has 0 aliphatic carbocycles. The van der Waals surface area contributed by atoms with Crippen molar-refractivity contribution in [3.05, 3.63) is 59.2 Å². The fraction of sp³-hybridized carbons (Fsp3) is 0.0714. The minimum atomic E-state index is -1.01. The molecule has 0 aromatic heterocycles. The van der Waals surface area contributed by atoms with E-state index in [1.807, 2.05) is 0 Å². The molecule has 0 atom stereocenters. The Kier molecular flexibility index (Phi) is 3.84. The van der Waals surface area contributed by atoms with Crippen molar-refractivity contribution in [3.63, 3.8) is 0 Å². The van der Waals surface area contributed by atoms with Gasteiger partial charge < -0.3 is 16.2 Å². The topological polar surface area (TPSA) is 75.4 Å². The predicted molar refractivity (Wildman–Crippen MR) is 70.3 cm³/mol. The molecule has 0 aliphatic rings. The highest BCUT2D eigenvalue weighted by Crippen LogP contribution is 2.22. The summed E-state index contributed by atoms with van der Waals surface area (Å²) in [5.41, 5.74) is 6.50. The lowest BCUT2D eigenvalue weighted by molar-refractivity contribution is 0.100. The number of phenols is 1. The lowest BCUT2D eigenvalue weighted by atomic mass is 10.1. The number of carbonyl (C=O) groups excluding carboxylic acids is 1. The predicted octanol–water partition coefficient (Wildman–Crippen LogP) is 2.38. The van der Waals surface area contributed by atoms with E-state index in [2.05, 4.69) is 5.32 Å². The Morgan fingerprint density at radius 1 is 1.15 bits per heavy atom. The standard InChI is InChI=1S/C14H12F2N2O2/c15-11-5-8(6-12(16)13(11)19)7-18-10-3-1-9(2-4-10)14(17)20/h1-6,18-19H,7H2,(H2,17,20). The fourth-order valence-corrected chi connectivity index (χ4v) is 1.68. The number of aromatic hydroxyl groups is 1. The first-order valence-corrected chi connectivity index (χ1v) is 5.78. The maximum Gasteiger partial charge on any atom is 0.248 e. The second kappa shape index (κ2) is 5.56. The van der Waals surface area contributed by atoms with Gasteiger partial charge in [-0.05, 0) is 42.0 Å². The molecule has 0 spiro atoms. The molecule has 0 saturated carbocycles. The van der Waals surface area contributed by atoms with Gasteiger partial charge >= 0.3 is 0 Å². The summed E-state index contributed by atoms with van der Waals surface area (Å²) in [6.45, 7) is 0.171. The average molecular weight is 278 g/mol. The quantitative estimate of drug-likeness (QED) is 0.803. The molecular formula is C14H12F2N2O2. The minimum Gasteiger partial charge on any atom is -0.503 e. The molecule has 0 fully saturated rings. The zero-order valence-corrected chi connectivity index (χ0v) is 10.4. The fourth-order valence-electron chi connectivity index (χ4n) is 1.68. The Labute approximate surface area is 113 Å². The number of rotatable bonds is 4. The van der Waals surface area contributed by atoms with Crippen molar-refractivity contribution in [1.29, 1.82) is 0 Å². The largest absolute Gasteiger partial charge is 0.503 e. The van der Waals surface area contributed by atoms with Crippen molar-refractivity contribution < 1.29 is 18.7 Å². The van der Waals surface area contributed by atoms with Crippen LogP contribution in [0.25, 0.3) is 0 Å². The van der Waals surface area contributed by atoms with E-state index in [9.17, 15) is 13.6 Å². The molecule has 4 nitrogen and oxygen atoms in total. The third-order valence-corrected chi connectivity index (χ3v) is 2.74. The molecule has 1 amide bonds. The summed E-state index contributed by atoms with van der Waals surface area (Å²) in [5, 5.41) is 11.9. The van der Waals surface area contributed by atoms with Crippen molar-refractivity contribution in [2.75, 3.05) is 5.32 Å². The number of carbonyl (C=O) groups is 1. The molecule has 104 valence electrons. The highest BCUT2D eigenvalue weighted by atomic mass is 19.1. The summed E-state index contributed by atoms with van der Waals surface area (Å²) < 4.78 is 26.3. The van der Waals surface area contributed by atoms with Gasteiger partial charge in [-0.3, -0.25) is 4.79 Å². The Hall–Kier alpha value is -2.63. The number of phenolic OH excluding ortho intramolecular Hbond substituents is 1. The van der Waals surface area contributed by atoms with Gasteiger partial charge in [0.15, 0.2) is 17.4 Å². The van der Waals surface area contributed by atoms with Gasteiger partial charge in [0.2, 0.25) is 5.91 Å². The highest BCUT2D eigenvalue weighted by Gasteiger charge is 2.09. The Morgan fingerprint density at radius 2 is 1.70 bits per heavy atom. The molecule has 0 aliphatic heterocycles. The van der Waals surface area contributed by atoms with Crippen LogP contribution in [0.4, 0.5) is 14.5 Å². The van der Waals surface area contributed by atoms with Crippen LogP contribution in [0, 0.1) is 11.6 Å². The first kappa shape index (κ1) is 13.8. The average Bonchev–Trinajstić information content (AvgIpc) is 2.42. The molecule has 6 heteroatoms. The van der Waals surface area contributed by atoms with Crippen molar-refractivity contribution in [3.8, 4) is 5.75 Å².